The van der Waals surface area contributed by atoms with Gasteiger partial charge in [0, 0.05) is 28.8 Å². The summed E-state index contributed by atoms with van der Waals surface area (Å²) < 4.78 is 0. The molecule has 1 N–H and O–H groups in total. The molecule has 0 aliphatic rings. The number of phenolic OH excluding ortho intramolecular Hbond substituents is 1. The van der Waals surface area contributed by atoms with Crippen molar-refractivity contribution in [2.45, 2.75) is 4.90 Å². The van der Waals surface area contributed by atoms with Crippen LogP contribution in [0.2, 0.25) is 0 Å². The van der Waals surface area contributed by atoms with Gasteiger partial charge in [-0.05, 0) is 24.5 Å². The van der Waals surface area contributed by atoms with Gasteiger partial charge in [-0.15, -0.1) is 11.8 Å². The van der Waals surface area contributed by atoms with Crippen LogP contribution in [0.5, 0.6) is 5.75 Å². The number of nitrogens with zero attached hydrogens (tertiary/aromatic N) is 2. The van der Waals surface area contributed by atoms with Gasteiger partial charge in [-0.3, -0.25) is 15.1 Å². The van der Waals surface area contributed by atoms with E-state index in [2.05, 4.69) is 4.99 Å². The Morgan fingerprint density at radius 2 is 2.05 bits per heavy atom. The average molecular weight is 288 g/mol. The fourth-order valence-electron chi connectivity index (χ4n) is 1.63. The van der Waals surface area contributed by atoms with Crippen molar-refractivity contribution in [2.75, 3.05) is 6.26 Å². The van der Waals surface area contributed by atoms with E-state index >= 15 is 0 Å². The van der Waals surface area contributed by atoms with Gasteiger partial charge in [0.1, 0.15) is 5.75 Å². The Morgan fingerprint density at radius 1 is 1.30 bits per heavy atom. The quantitative estimate of drug-likeness (QED) is 0.402. The van der Waals surface area contributed by atoms with Crippen molar-refractivity contribution >= 4 is 29.4 Å². The van der Waals surface area contributed by atoms with Crippen LogP contribution in [-0.2, 0) is 0 Å². The summed E-state index contributed by atoms with van der Waals surface area (Å²) in [6.45, 7) is 0. The molecule has 2 aromatic carbocycles. The summed E-state index contributed by atoms with van der Waals surface area (Å²) in [4.78, 5) is 15.5. The third-order valence-corrected chi connectivity index (χ3v) is 3.43. The number of non-ortho nitro benzene ring substituents is 1. The summed E-state index contributed by atoms with van der Waals surface area (Å²) in [5.41, 5.74) is 0.989. The number of thioether (sulfide) groups is 1. The van der Waals surface area contributed by atoms with Crippen molar-refractivity contribution in [2.24, 2.45) is 4.99 Å². The highest BCUT2D eigenvalue weighted by atomic mass is 32.2. The monoisotopic (exact) mass is 288 g/mol. The van der Waals surface area contributed by atoms with E-state index in [0.717, 1.165) is 10.6 Å². The normalized spacial score (nSPS) is 10.8. The number of phenols is 1. The van der Waals surface area contributed by atoms with Crippen molar-refractivity contribution in [1.82, 2.24) is 0 Å². The van der Waals surface area contributed by atoms with E-state index in [4.69, 9.17) is 0 Å². The number of rotatable bonds is 4. The van der Waals surface area contributed by atoms with Crippen LogP contribution < -0.4 is 0 Å². The van der Waals surface area contributed by atoms with Crippen LogP contribution in [0.4, 0.5) is 11.4 Å². The number of para-hydroxylation sites is 1. The van der Waals surface area contributed by atoms with Gasteiger partial charge in [-0.1, -0.05) is 12.1 Å². The molecule has 0 saturated heterocycles. The SMILES string of the molecule is CSc1ccccc1N=Cc1cc([N+](=O)[O-])ccc1O. The van der Waals surface area contributed by atoms with E-state index in [1.54, 1.807) is 11.8 Å². The molecule has 2 rings (SSSR count). The second-order valence-electron chi connectivity index (χ2n) is 3.93. The van der Waals surface area contributed by atoms with Crippen molar-refractivity contribution in [3.05, 3.63) is 58.1 Å². The van der Waals surface area contributed by atoms with Gasteiger partial charge < -0.3 is 5.11 Å². The van der Waals surface area contributed by atoms with E-state index < -0.39 is 4.92 Å². The molecule has 0 amide bonds. The molecule has 20 heavy (non-hydrogen) atoms. The Labute approximate surface area is 120 Å². The van der Waals surface area contributed by atoms with E-state index in [9.17, 15) is 15.2 Å². The third-order valence-electron chi connectivity index (χ3n) is 2.65. The van der Waals surface area contributed by atoms with Gasteiger partial charge in [-0.25, -0.2) is 0 Å². The van der Waals surface area contributed by atoms with Crippen LogP contribution in [0.1, 0.15) is 5.56 Å². The Kier molecular flexibility index (Phi) is 4.37. The second-order valence-corrected chi connectivity index (χ2v) is 4.78. The maximum Gasteiger partial charge on any atom is 0.270 e. The molecule has 0 saturated carbocycles. The Balaban J connectivity index is 2.36. The maximum absolute atomic E-state index is 10.7. The van der Waals surface area contributed by atoms with Gasteiger partial charge in [0.05, 0.1) is 10.6 Å². The summed E-state index contributed by atoms with van der Waals surface area (Å²) in [5, 5.41) is 20.4. The molecular weight excluding hydrogens is 276 g/mol. The summed E-state index contributed by atoms with van der Waals surface area (Å²) in [6, 6.07) is 11.4. The predicted octanol–water partition coefficient (Wildman–Crippen LogP) is 3.77. The summed E-state index contributed by atoms with van der Waals surface area (Å²) in [5.74, 6) is -0.0408. The minimum atomic E-state index is -0.507. The zero-order valence-corrected chi connectivity index (χ0v) is 11.5. The molecule has 0 spiro atoms. The van der Waals surface area contributed by atoms with Crippen molar-refractivity contribution in [3.8, 4) is 5.75 Å². The lowest BCUT2D eigenvalue weighted by Crippen LogP contribution is -1.90. The van der Waals surface area contributed by atoms with Crippen LogP contribution in [0.15, 0.2) is 52.4 Å². The molecule has 0 atom stereocenters. The topological polar surface area (TPSA) is 75.7 Å². The van der Waals surface area contributed by atoms with E-state index in [1.165, 1.54) is 24.4 Å². The molecule has 0 bridgehead atoms. The highest BCUT2D eigenvalue weighted by molar-refractivity contribution is 7.98. The lowest BCUT2D eigenvalue weighted by atomic mass is 10.2. The van der Waals surface area contributed by atoms with Gasteiger partial charge in [0.2, 0.25) is 0 Å². The minimum absolute atomic E-state index is 0.0408. The molecule has 0 unspecified atom stereocenters. The molecule has 0 aliphatic heterocycles. The molecule has 0 fully saturated rings. The van der Waals surface area contributed by atoms with Gasteiger partial charge >= 0.3 is 0 Å². The molecule has 0 aromatic heterocycles. The molecule has 102 valence electrons. The van der Waals surface area contributed by atoms with Crippen LogP contribution in [-0.4, -0.2) is 22.5 Å². The first-order chi connectivity index (χ1) is 9.61. The Morgan fingerprint density at radius 3 is 2.75 bits per heavy atom. The van der Waals surface area contributed by atoms with Crippen LogP contribution >= 0.6 is 11.8 Å². The smallest absolute Gasteiger partial charge is 0.270 e. The summed E-state index contributed by atoms with van der Waals surface area (Å²) in [6.07, 6.45) is 3.37. The minimum Gasteiger partial charge on any atom is -0.507 e. The lowest BCUT2D eigenvalue weighted by Gasteiger charge is -2.02. The van der Waals surface area contributed by atoms with Gasteiger partial charge in [-0.2, -0.15) is 0 Å². The molecule has 2 aromatic rings. The van der Waals surface area contributed by atoms with E-state index in [1.807, 2.05) is 30.5 Å². The highest BCUT2D eigenvalue weighted by Crippen LogP contribution is 2.28. The predicted molar refractivity (Wildman–Crippen MR) is 80.2 cm³/mol. The number of aromatic hydroxyl groups is 1. The van der Waals surface area contributed by atoms with Crippen LogP contribution in [0, 0.1) is 10.1 Å². The van der Waals surface area contributed by atoms with Crippen molar-refractivity contribution < 1.29 is 10.0 Å². The number of nitro groups is 1. The number of aliphatic imine (C=N–C) groups is 1. The lowest BCUT2D eigenvalue weighted by molar-refractivity contribution is -0.384. The van der Waals surface area contributed by atoms with Crippen molar-refractivity contribution in [3.63, 3.8) is 0 Å². The molecule has 0 radical (unpaired) electrons. The van der Waals surface area contributed by atoms with E-state index in [0.29, 0.717) is 5.56 Å². The Hall–Kier alpha value is -2.34. The van der Waals surface area contributed by atoms with E-state index in [-0.39, 0.29) is 11.4 Å². The standard InChI is InChI=1S/C14H12N2O3S/c1-20-14-5-3-2-4-12(14)15-9-10-8-11(16(18)19)6-7-13(10)17/h2-9,17H,1H3. The number of hydrogen-bond acceptors (Lipinski definition) is 5. The zero-order chi connectivity index (χ0) is 14.5. The van der Waals surface area contributed by atoms with Crippen LogP contribution in [0.25, 0.3) is 0 Å². The Bertz CT molecular complexity index is 671. The number of benzene rings is 2. The fraction of sp³-hybridized carbons (Fsp3) is 0.0714. The molecule has 0 heterocycles. The van der Waals surface area contributed by atoms with Gasteiger partial charge in [0.15, 0.2) is 0 Å². The maximum atomic E-state index is 10.7. The largest absolute Gasteiger partial charge is 0.507 e. The zero-order valence-electron chi connectivity index (χ0n) is 10.7. The average Bonchev–Trinajstić information content (AvgIpc) is 2.46. The molecule has 5 nitrogen and oxygen atoms in total. The summed E-state index contributed by atoms with van der Waals surface area (Å²) in [7, 11) is 0. The molecule has 6 heteroatoms. The summed E-state index contributed by atoms with van der Waals surface area (Å²) >= 11 is 1.56. The molecule has 0 aliphatic carbocycles. The first-order valence-corrected chi connectivity index (χ1v) is 6.99. The third kappa shape index (κ3) is 3.16. The number of nitro benzene ring substituents is 1. The highest BCUT2D eigenvalue weighted by Gasteiger charge is 2.08. The van der Waals surface area contributed by atoms with Crippen LogP contribution in [0.3, 0.4) is 0 Å². The van der Waals surface area contributed by atoms with Gasteiger partial charge in [0.25, 0.3) is 5.69 Å². The first-order valence-electron chi connectivity index (χ1n) is 5.76. The first kappa shape index (κ1) is 14.1. The number of hydrogen-bond donors (Lipinski definition) is 1. The fourth-order valence-corrected chi connectivity index (χ4v) is 2.18. The van der Waals surface area contributed by atoms with Crippen molar-refractivity contribution in [1.29, 1.82) is 0 Å². The second kappa shape index (κ2) is 6.21. The molecular formula is C14H12N2O3S.